The standard InChI is InChI=1S/C17H25N3O/c1-13(2)11-15(18-3)12-17-19-16(20-21-17)10-9-14-7-5-4-6-8-14/h4-8,13,15,18H,9-12H2,1-3H3. The van der Waals surface area contributed by atoms with Gasteiger partial charge in [0.1, 0.15) is 0 Å². The average molecular weight is 287 g/mol. The first-order valence-electron chi connectivity index (χ1n) is 7.70. The molecule has 114 valence electrons. The van der Waals surface area contributed by atoms with E-state index in [1.54, 1.807) is 0 Å². The largest absolute Gasteiger partial charge is 0.339 e. The number of nitrogens with zero attached hydrogens (tertiary/aromatic N) is 2. The minimum atomic E-state index is 0.396. The molecule has 2 aromatic rings. The van der Waals surface area contributed by atoms with Crippen LogP contribution in [0.15, 0.2) is 34.9 Å². The van der Waals surface area contributed by atoms with Gasteiger partial charge in [0, 0.05) is 18.9 Å². The van der Waals surface area contributed by atoms with Crippen LogP contribution in [0.5, 0.6) is 0 Å². The Bertz CT molecular complexity index is 522. The van der Waals surface area contributed by atoms with Gasteiger partial charge in [0.2, 0.25) is 5.89 Å². The molecule has 21 heavy (non-hydrogen) atoms. The molecular weight excluding hydrogens is 262 g/mol. The SMILES string of the molecule is CNC(Cc1nc(CCc2ccccc2)no1)CC(C)C. The van der Waals surface area contributed by atoms with Gasteiger partial charge in [-0.1, -0.05) is 49.3 Å². The maximum Gasteiger partial charge on any atom is 0.228 e. The molecular formula is C17H25N3O. The Morgan fingerprint density at radius 3 is 2.57 bits per heavy atom. The number of benzene rings is 1. The highest BCUT2D eigenvalue weighted by Gasteiger charge is 2.14. The van der Waals surface area contributed by atoms with E-state index in [0.29, 0.717) is 12.0 Å². The van der Waals surface area contributed by atoms with Gasteiger partial charge in [-0.25, -0.2) is 0 Å². The number of aryl methyl sites for hydroxylation is 2. The van der Waals surface area contributed by atoms with E-state index in [9.17, 15) is 0 Å². The van der Waals surface area contributed by atoms with Crippen molar-refractivity contribution in [2.45, 2.75) is 45.6 Å². The summed E-state index contributed by atoms with van der Waals surface area (Å²) in [5, 5.41) is 7.41. The molecule has 4 heteroatoms. The van der Waals surface area contributed by atoms with Gasteiger partial charge in [-0.2, -0.15) is 4.98 Å². The molecule has 0 amide bonds. The predicted molar refractivity (Wildman–Crippen MR) is 84.2 cm³/mol. The van der Waals surface area contributed by atoms with E-state index in [-0.39, 0.29) is 0 Å². The summed E-state index contributed by atoms with van der Waals surface area (Å²) in [4.78, 5) is 4.50. The van der Waals surface area contributed by atoms with E-state index in [1.165, 1.54) is 5.56 Å². The van der Waals surface area contributed by atoms with E-state index in [1.807, 2.05) is 13.1 Å². The molecule has 0 fully saturated rings. The second kappa shape index (κ2) is 7.93. The molecule has 1 aromatic carbocycles. The van der Waals surface area contributed by atoms with Crippen molar-refractivity contribution < 1.29 is 4.52 Å². The number of nitrogens with one attached hydrogen (secondary N) is 1. The lowest BCUT2D eigenvalue weighted by Gasteiger charge is -2.15. The van der Waals surface area contributed by atoms with Crippen molar-refractivity contribution in [3.05, 3.63) is 47.6 Å². The summed E-state index contributed by atoms with van der Waals surface area (Å²) < 4.78 is 5.37. The summed E-state index contributed by atoms with van der Waals surface area (Å²) in [7, 11) is 1.99. The molecule has 0 aliphatic heterocycles. The van der Waals surface area contributed by atoms with Crippen LogP contribution in [0, 0.1) is 5.92 Å². The zero-order valence-corrected chi connectivity index (χ0v) is 13.2. The Hall–Kier alpha value is -1.68. The first kappa shape index (κ1) is 15.7. The molecule has 4 nitrogen and oxygen atoms in total. The van der Waals surface area contributed by atoms with Crippen LogP contribution in [0.4, 0.5) is 0 Å². The third-order valence-electron chi connectivity index (χ3n) is 3.58. The molecule has 1 heterocycles. The van der Waals surface area contributed by atoms with Gasteiger partial charge in [-0.15, -0.1) is 0 Å². The van der Waals surface area contributed by atoms with Gasteiger partial charge in [-0.3, -0.25) is 0 Å². The number of rotatable bonds is 8. The maximum absolute atomic E-state index is 5.37. The molecule has 2 rings (SSSR count). The van der Waals surface area contributed by atoms with E-state index in [4.69, 9.17) is 4.52 Å². The highest BCUT2D eigenvalue weighted by Crippen LogP contribution is 2.11. The van der Waals surface area contributed by atoms with Crippen LogP contribution in [-0.4, -0.2) is 23.2 Å². The summed E-state index contributed by atoms with van der Waals surface area (Å²) in [6.07, 6.45) is 3.68. The second-order valence-corrected chi connectivity index (χ2v) is 5.91. The Kier molecular flexibility index (Phi) is 5.93. The number of aromatic nitrogens is 2. The predicted octanol–water partition coefficient (Wildman–Crippen LogP) is 3.03. The molecule has 0 radical (unpaired) electrons. The molecule has 1 N–H and O–H groups in total. The quantitative estimate of drug-likeness (QED) is 0.811. The summed E-state index contributed by atoms with van der Waals surface area (Å²) in [5.74, 6) is 2.19. The fourth-order valence-corrected chi connectivity index (χ4v) is 2.46. The zero-order valence-electron chi connectivity index (χ0n) is 13.2. The van der Waals surface area contributed by atoms with Gasteiger partial charge < -0.3 is 9.84 Å². The van der Waals surface area contributed by atoms with Crippen molar-refractivity contribution in [2.75, 3.05) is 7.05 Å². The van der Waals surface area contributed by atoms with Crippen molar-refractivity contribution in [3.8, 4) is 0 Å². The fraction of sp³-hybridized carbons (Fsp3) is 0.529. The van der Waals surface area contributed by atoms with Crippen LogP contribution in [0.1, 0.15) is 37.5 Å². The Labute approximate surface area is 127 Å². The second-order valence-electron chi connectivity index (χ2n) is 5.91. The molecule has 0 spiro atoms. The summed E-state index contributed by atoms with van der Waals surface area (Å²) in [6, 6.07) is 10.8. The van der Waals surface area contributed by atoms with Crippen molar-refractivity contribution in [3.63, 3.8) is 0 Å². The Balaban J connectivity index is 1.86. The van der Waals surface area contributed by atoms with E-state index in [2.05, 4.69) is 53.6 Å². The first-order chi connectivity index (χ1) is 10.2. The van der Waals surface area contributed by atoms with Crippen LogP contribution in [-0.2, 0) is 19.3 Å². The van der Waals surface area contributed by atoms with Crippen LogP contribution in [0.3, 0.4) is 0 Å². The number of hydrogen-bond acceptors (Lipinski definition) is 4. The van der Waals surface area contributed by atoms with Gasteiger partial charge in [0.05, 0.1) is 0 Å². The number of likely N-dealkylation sites (N-methyl/N-ethyl adjacent to an activating group) is 1. The average Bonchev–Trinajstić information content (AvgIpc) is 2.92. The Morgan fingerprint density at radius 1 is 1.14 bits per heavy atom. The van der Waals surface area contributed by atoms with Crippen molar-refractivity contribution in [1.82, 2.24) is 15.5 Å². The number of hydrogen-bond donors (Lipinski definition) is 1. The molecule has 0 bridgehead atoms. The summed E-state index contributed by atoms with van der Waals surface area (Å²) in [5.41, 5.74) is 1.30. The molecule has 1 aromatic heterocycles. The summed E-state index contributed by atoms with van der Waals surface area (Å²) in [6.45, 7) is 4.45. The smallest absolute Gasteiger partial charge is 0.228 e. The zero-order chi connectivity index (χ0) is 15.1. The highest BCUT2D eigenvalue weighted by molar-refractivity contribution is 5.15. The molecule has 1 unspecified atom stereocenters. The lowest BCUT2D eigenvalue weighted by atomic mass is 10.0. The van der Waals surface area contributed by atoms with Gasteiger partial charge in [-0.05, 0) is 31.4 Å². The summed E-state index contributed by atoms with van der Waals surface area (Å²) >= 11 is 0. The van der Waals surface area contributed by atoms with Crippen molar-refractivity contribution >= 4 is 0 Å². The van der Waals surface area contributed by atoms with E-state index < -0.39 is 0 Å². The minimum absolute atomic E-state index is 0.396. The van der Waals surface area contributed by atoms with Crippen LogP contribution < -0.4 is 5.32 Å². The lowest BCUT2D eigenvalue weighted by molar-refractivity contribution is 0.342. The van der Waals surface area contributed by atoms with E-state index in [0.717, 1.165) is 37.4 Å². The molecule has 0 aliphatic rings. The van der Waals surface area contributed by atoms with E-state index >= 15 is 0 Å². The monoisotopic (exact) mass is 287 g/mol. The first-order valence-corrected chi connectivity index (χ1v) is 7.70. The third kappa shape index (κ3) is 5.31. The fourth-order valence-electron chi connectivity index (χ4n) is 2.46. The molecule has 0 saturated carbocycles. The van der Waals surface area contributed by atoms with Crippen molar-refractivity contribution in [1.29, 1.82) is 0 Å². The molecule has 1 atom stereocenters. The molecule has 0 saturated heterocycles. The highest BCUT2D eigenvalue weighted by atomic mass is 16.5. The Morgan fingerprint density at radius 2 is 1.90 bits per heavy atom. The van der Waals surface area contributed by atoms with Gasteiger partial charge in [0.15, 0.2) is 5.82 Å². The van der Waals surface area contributed by atoms with Gasteiger partial charge >= 0.3 is 0 Å². The lowest BCUT2D eigenvalue weighted by Crippen LogP contribution is -2.29. The normalized spacial score (nSPS) is 12.8. The van der Waals surface area contributed by atoms with Crippen molar-refractivity contribution in [2.24, 2.45) is 5.92 Å². The minimum Gasteiger partial charge on any atom is -0.339 e. The van der Waals surface area contributed by atoms with Crippen LogP contribution in [0.2, 0.25) is 0 Å². The third-order valence-corrected chi connectivity index (χ3v) is 3.58. The van der Waals surface area contributed by atoms with Gasteiger partial charge in [0.25, 0.3) is 0 Å². The van der Waals surface area contributed by atoms with Crippen LogP contribution >= 0.6 is 0 Å². The molecule has 0 aliphatic carbocycles. The van der Waals surface area contributed by atoms with Crippen LogP contribution in [0.25, 0.3) is 0 Å². The maximum atomic E-state index is 5.37. The topological polar surface area (TPSA) is 51.0 Å².